The van der Waals surface area contributed by atoms with Crippen LogP contribution in [-0.2, 0) is 4.74 Å². The van der Waals surface area contributed by atoms with Crippen molar-refractivity contribution >= 4 is 17.9 Å². The van der Waals surface area contributed by atoms with Crippen LogP contribution in [0.4, 0.5) is 29.9 Å². The van der Waals surface area contributed by atoms with E-state index in [0.717, 1.165) is 7.05 Å². The van der Waals surface area contributed by atoms with Gasteiger partial charge in [-0.05, 0) is 0 Å². The monoisotopic (exact) mass is 496 g/mol. The van der Waals surface area contributed by atoms with Crippen molar-refractivity contribution in [1.29, 1.82) is 0 Å². The van der Waals surface area contributed by atoms with Gasteiger partial charge >= 0.3 is 12.2 Å². The molecule has 0 radical (unpaired) electrons. The third-order valence-electron chi connectivity index (χ3n) is 5.90. The van der Waals surface area contributed by atoms with Crippen molar-refractivity contribution in [2.75, 3.05) is 57.6 Å². The molecule has 0 bridgehead atoms. The maximum absolute atomic E-state index is 12.6. The Labute approximate surface area is 200 Å². The number of amides is 2. The van der Waals surface area contributed by atoms with E-state index in [-0.39, 0.29) is 18.1 Å². The van der Waals surface area contributed by atoms with Crippen LogP contribution in [0.2, 0.25) is 0 Å². The third kappa shape index (κ3) is 6.18. The quantitative estimate of drug-likeness (QED) is 0.638. The summed E-state index contributed by atoms with van der Waals surface area (Å²) in [6.07, 6.45) is -0.622. The average molecular weight is 496 g/mol. The number of carbonyl (C=O) groups excluding carboxylic acids is 1. The van der Waals surface area contributed by atoms with Crippen molar-refractivity contribution in [3.05, 3.63) is 18.5 Å². The minimum Gasteiger partial charge on any atom is -0.474 e. The molecule has 2 fully saturated rings. The molecule has 0 spiro atoms. The van der Waals surface area contributed by atoms with Crippen LogP contribution < -0.4 is 15.4 Å². The van der Waals surface area contributed by atoms with Crippen molar-refractivity contribution in [2.45, 2.75) is 31.2 Å². The Bertz CT molecular complexity index is 1030. The van der Waals surface area contributed by atoms with Gasteiger partial charge in [-0.2, -0.15) is 18.2 Å². The van der Waals surface area contributed by atoms with Gasteiger partial charge in [-0.15, -0.1) is 0 Å². The lowest BCUT2D eigenvalue weighted by atomic mass is 9.88. The molecule has 14 heteroatoms. The Kier molecular flexibility index (Phi) is 7.10. The number of alkyl halides is 3. The zero-order valence-electron chi connectivity index (χ0n) is 19.4. The van der Waals surface area contributed by atoms with Crippen LogP contribution in [0.15, 0.2) is 18.5 Å². The van der Waals surface area contributed by atoms with Crippen LogP contribution in [0, 0.1) is 0 Å². The standard InChI is InChI=1S/C21H27F3N8O3/c1-30(12-21(22,23)24)20(33)31(2)14-7-15(8-14)35-17-9-16(13-10-26-18(25)27-11-13)28-19(29-17)32-3-5-34-6-4-32/h9-11,14-15H,3-8,12H2,1-2H3,(H2,25,26,27). The molecule has 2 N–H and O–H groups in total. The molecule has 1 saturated carbocycles. The smallest absolute Gasteiger partial charge is 0.406 e. The summed E-state index contributed by atoms with van der Waals surface area (Å²) in [5, 5.41) is 0. The minimum absolute atomic E-state index is 0.146. The fraction of sp³-hybridized carbons (Fsp3) is 0.571. The number of anilines is 2. The van der Waals surface area contributed by atoms with Gasteiger partial charge in [0.25, 0.3) is 0 Å². The van der Waals surface area contributed by atoms with Crippen molar-refractivity contribution in [1.82, 2.24) is 29.7 Å². The number of halogens is 3. The number of morpholine rings is 1. The zero-order valence-corrected chi connectivity index (χ0v) is 19.4. The van der Waals surface area contributed by atoms with Crippen LogP contribution in [0.5, 0.6) is 5.88 Å². The molecule has 0 atom stereocenters. The van der Waals surface area contributed by atoms with E-state index >= 15 is 0 Å². The van der Waals surface area contributed by atoms with E-state index in [1.54, 1.807) is 18.5 Å². The van der Waals surface area contributed by atoms with E-state index < -0.39 is 18.8 Å². The lowest BCUT2D eigenvalue weighted by Crippen LogP contribution is -2.54. The summed E-state index contributed by atoms with van der Waals surface area (Å²) in [7, 11) is 2.63. The maximum atomic E-state index is 12.6. The first-order chi connectivity index (χ1) is 16.6. The predicted molar refractivity (Wildman–Crippen MR) is 120 cm³/mol. The molecule has 1 aliphatic carbocycles. The molecule has 3 heterocycles. The first-order valence-corrected chi connectivity index (χ1v) is 11.1. The van der Waals surface area contributed by atoms with Crippen LogP contribution in [-0.4, -0.2) is 101 Å². The van der Waals surface area contributed by atoms with Gasteiger partial charge < -0.3 is 29.9 Å². The topological polar surface area (TPSA) is 123 Å². The van der Waals surface area contributed by atoms with Gasteiger partial charge in [0.1, 0.15) is 12.6 Å². The fourth-order valence-corrected chi connectivity index (χ4v) is 3.88. The van der Waals surface area contributed by atoms with Crippen LogP contribution in [0.25, 0.3) is 11.3 Å². The van der Waals surface area contributed by atoms with Crippen molar-refractivity contribution < 1.29 is 27.4 Å². The van der Waals surface area contributed by atoms with Crippen molar-refractivity contribution in [3.63, 3.8) is 0 Å². The Morgan fingerprint density at radius 2 is 1.86 bits per heavy atom. The largest absolute Gasteiger partial charge is 0.474 e. The van der Waals surface area contributed by atoms with E-state index in [4.69, 9.17) is 15.2 Å². The molecule has 35 heavy (non-hydrogen) atoms. The Hall–Kier alpha value is -3.42. The first-order valence-electron chi connectivity index (χ1n) is 11.1. The normalized spacial score (nSPS) is 20.2. The molecular weight excluding hydrogens is 469 g/mol. The number of carbonyl (C=O) groups is 1. The van der Waals surface area contributed by atoms with Gasteiger partial charge in [-0.25, -0.2) is 19.7 Å². The first kappa shape index (κ1) is 24.7. The maximum Gasteiger partial charge on any atom is 0.406 e. The molecular formula is C21H27F3N8O3. The second-order valence-corrected chi connectivity index (χ2v) is 8.55. The number of rotatable bonds is 6. The van der Waals surface area contributed by atoms with E-state index in [2.05, 4.69) is 19.9 Å². The van der Waals surface area contributed by atoms with E-state index in [1.165, 1.54) is 11.9 Å². The summed E-state index contributed by atoms with van der Waals surface area (Å²) in [4.78, 5) is 33.5. The Morgan fingerprint density at radius 3 is 2.49 bits per heavy atom. The summed E-state index contributed by atoms with van der Waals surface area (Å²) in [5.41, 5.74) is 6.80. The second-order valence-electron chi connectivity index (χ2n) is 8.55. The van der Waals surface area contributed by atoms with Crippen molar-refractivity contribution in [3.8, 4) is 17.1 Å². The van der Waals surface area contributed by atoms with Gasteiger partial charge in [0.15, 0.2) is 0 Å². The molecule has 2 aliphatic rings. The number of nitrogens with two attached hydrogens (primary N) is 1. The SMILES string of the molecule is CN(CC(F)(F)F)C(=O)N(C)C1CC(Oc2cc(-c3cnc(N)nc3)nc(N3CCOCC3)n2)C1. The van der Waals surface area contributed by atoms with Crippen LogP contribution >= 0.6 is 0 Å². The zero-order chi connectivity index (χ0) is 25.2. The van der Waals surface area contributed by atoms with E-state index in [1.807, 2.05) is 4.90 Å². The number of nitrogen functional groups attached to an aromatic ring is 1. The highest BCUT2D eigenvalue weighted by Gasteiger charge is 2.39. The third-order valence-corrected chi connectivity index (χ3v) is 5.90. The molecule has 0 aromatic carbocycles. The molecule has 11 nitrogen and oxygen atoms in total. The van der Waals surface area contributed by atoms with Crippen molar-refractivity contribution in [2.24, 2.45) is 0 Å². The molecule has 0 unspecified atom stereocenters. The van der Waals surface area contributed by atoms with Gasteiger partial charge in [0.05, 0.1) is 18.9 Å². The number of hydrogen-bond acceptors (Lipinski definition) is 9. The summed E-state index contributed by atoms with van der Waals surface area (Å²) < 4.78 is 49.3. The number of aromatic nitrogens is 4. The second kappa shape index (κ2) is 10.1. The van der Waals surface area contributed by atoms with Gasteiger partial charge in [0, 0.05) is 70.1 Å². The molecule has 2 amide bonds. The molecule has 4 rings (SSSR count). The minimum atomic E-state index is -4.45. The fourth-order valence-electron chi connectivity index (χ4n) is 3.88. The van der Waals surface area contributed by atoms with E-state index in [9.17, 15) is 18.0 Å². The lowest BCUT2D eigenvalue weighted by Gasteiger charge is -2.41. The van der Waals surface area contributed by atoms with E-state index in [0.29, 0.717) is 67.1 Å². The average Bonchev–Trinajstić information content (AvgIpc) is 2.80. The van der Waals surface area contributed by atoms with Gasteiger partial charge in [0.2, 0.25) is 17.8 Å². The summed E-state index contributed by atoms with van der Waals surface area (Å²) in [6.45, 7) is 1.08. The molecule has 190 valence electrons. The van der Waals surface area contributed by atoms with Gasteiger partial charge in [-0.3, -0.25) is 0 Å². The van der Waals surface area contributed by atoms with Crippen LogP contribution in [0.1, 0.15) is 12.8 Å². The van der Waals surface area contributed by atoms with Gasteiger partial charge in [-0.1, -0.05) is 0 Å². The number of nitrogens with zero attached hydrogens (tertiary/aromatic N) is 7. The number of urea groups is 1. The summed E-state index contributed by atoms with van der Waals surface area (Å²) in [6, 6.07) is 0.764. The summed E-state index contributed by atoms with van der Waals surface area (Å²) >= 11 is 0. The highest BCUT2D eigenvalue weighted by Crippen LogP contribution is 2.32. The molecule has 2 aromatic heterocycles. The predicted octanol–water partition coefficient (Wildman–Crippen LogP) is 1.81. The highest BCUT2D eigenvalue weighted by molar-refractivity contribution is 5.74. The number of hydrogen-bond donors (Lipinski definition) is 1. The molecule has 1 aliphatic heterocycles. The highest BCUT2D eigenvalue weighted by atomic mass is 19.4. The number of ether oxygens (including phenoxy) is 2. The Morgan fingerprint density at radius 1 is 1.20 bits per heavy atom. The van der Waals surface area contributed by atoms with Crippen LogP contribution in [0.3, 0.4) is 0 Å². The molecule has 1 saturated heterocycles. The molecule has 2 aromatic rings. The summed E-state index contributed by atoms with van der Waals surface area (Å²) in [5.74, 6) is 0.974. The lowest BCUT2D eigenvalue weighted by molar-refractivity contribution is -0.139. The Balaban J connectivity index is 1.44.